The number of ether oxygens (including phenoxy) is 3. The summed E-state index contributed by atoms with van der Waals surface area (Å²) < 4.78 is 22.6. The SMILES string of the molecule is CC(=O)OC[C@]12[C@H](CCC[C@]13CO3)[C@](C)(CC(O)c1ccoc1)[C@H](C)[C@@H](O)[C@@H]2OC(C)=O. The second-order valence-corrected chi connectivity index (χ2v) is 10.1. The van der Waals surface area contributed by atoms with Crippen molar-refractivity contribution in [3.63, 3.8) is 0 Å². The minimum absolute atomic E-state index is 0.00782. The van der Waals surface area contributed by atoms with Crippen molar-refractivity contribution in [1.82, 2.24) is 0 Å². The first-order valence-electron chi connectivity index (χ1n) is 11.4. The van der Waals surface area contributed by atoms with E-state index in [2.05, 4.69) is 6.92 Å². The van der Waals surface area contributed by atoms with Gasteiger partial charge < -0.3 is 28.8 Å². The predicted octanol–water partition coefficient (Wildman–Crippen LogP) is 2.77. The number of furan rings is 1. The number of aliphatic hydroxyl groups excluding tert-OH is 2. The Balaban J connectivity index is 1.82. The Hall–Kier alpha value is -1.90. The van der Waals surface area contributed by atoms with Crippen LogP contribution in [-0.2, 0) is 23.8 Å². The van der Waals surface area contributed by atoms with Crippen LogP contribution in [0, 0.1) is 22.7 Å². The van der Waals surface area contributed by atoms with Crippen LogP contribution >= 0.6 is 0 Å². The minimum Gasteiger partial charge on any atom is -0.472 e. The third-order valence-corrected chi connectivity index (χ3v) is 8.57. The first kappa shape index (κ1) is 23.3. The van der Waals surface area contributed by atoms with Gasteiger partial charge in [-0.1, -0.05) is 20.3 Å². The van der Waals surface area contributed by atoms with Gasteiger partial charge in [0.15, 0.2) is 0 Å². The maximum Gasteiger partial charge on any atom is 0.303 e. The molecule has 2 aliphatic carbocycles. The number of esters is 2. The third-order valence-electron chi connectivity index (χ3n) is 8.57. The Morgan fingerprint density at radius 3 is 2.59 bits per heavy atom. The second kappa shape index (κ2) is 8.15. The molecule has 1 aromatic rings. The van der Waals surface area contributed by atoms with Crippen LogP contribution in [0.3, 0.4) is 0 Å². The van der Waals surface area contributed by atoms with E-state index in [0.717, 1.165) is 19.3 Å². The van der Waals surface area contributed by atoms with Gasteiger partial charge in [0.1, 0.15) is 18.3 Å². The Morgan fingerprint density at radius 1 is 1.31 bits per heavy atom. The van der Waals surface area contributed by atoms with E-state index in [4.69, 9.17) is 18.6 Å². The Kier molecular flexibility index (Phi) is 5.92. The summed E-state index contributed by atoms with van der Waals surface area (Å²) in [4.78, 5) is 24.0. The van der Waals surface area contributed by atoms with E-state index in [-0.39, 0.29) is 18.4 Å². The molecule has 1 unspecified atom stereocenters. The number of carbonyl (C=O) groups is 2. The van der Waals surface area contributed by atoms with Gasteiger partial charge in [-0.2, -0.15) is 0 Å². The molecule has 0 radical (unpaired) electrons. The number of hydrogen-bond acceptors (Lipinski definition) is 8. The highest BCUT2D eigenvalue weighted by atomic mass is 16.6. The molecule has 0 aromatic carbocycles. The number of fused-ring (bicyclic) bond motifs is 2. The molecule has 32 heavy (non-hydrogen) atoms. The summed E-state index contributed by atoms with van der Waals surface area (Å²) in [5, 5.41) is 22.6. The molecule has 3 aliphatic rings. The van der Waals surface area contributed by atoms with Crippen LogP contribution in [0.25, 0.3) is 0 Å². The lowest BCUT2D eigenvalue weighted by Gasteiger charge is -2.64. The molecular weight excluding hydrogens is 416 g/mol. The van der Waals surface area contributed by atoms with Crippen LogP contribution in [0.15, 0.2) is 23.0 Å². The molecule has 1 saturated heterocycles. The number of aliphatic hydroxyl groups is 2. The highest BCUT2D eigenvalue weighted by Gasteiger charge is 2.77. The summed E-state index contributed by atoms with van der Waals surface area (Å²) >= 11 is 0. The summed E-state index contributed by atoms with van der Waals surface area (Å²) in [6, 6.07) is 1.73. The molecular formula is C24H34O8. The van der Waals surface area contributed by atoms with Crippen molar-refractivity contribution in [1.29, 1.82) is 0 Å². The maximum absolute atomic E-state index is 12.1. The molecule has 178 valence electrons. The molecule has 2 heterocycles. The van der Waals surface area contributed by atoms with Crippen LogP contribution in [0.4, 0.5) is 0 Å². The van der Waals surface area contributed by atoms with Gasteiger partial charge in [0, 0.05) is 19.4 Å². The van der Waals surface area contributed by atoms with Crippen LogP contribution in [0.5, 0.6) is 0 Å². The molecule has 0 bridgehead atoms. The quantitative estimate of drug-likeness (QED) is 0.502. The molecule has 8 atom stereocenters. The second-order valence-electron chi connectivity index (χ2n) is 10.1. The fourth-order valence-electron chi connectivity index (χ4n) is 6.77. The van der Waals surface area contributed by atoms with Crippen molar-refractivity contribution in [3.8, 4) is 0 Å². The molecule has 1 aromatic heterocycles. The zero-order valence-electron chi connectivity index (χ0n) is 19.2. The molecule has 8 nitrogen and oxygen atoms in total. The monoisotopic (exact) mass is 450 g/mol. The summed E-state index contributed by atoms with van der Waals surface area (Å²) in [6.07, 6.45) is 3.18. The van der Waals surface area contributed by atoms with E-state index in [1.165, 1.54) is 26.4 Å². The Morgan fingerprint density at radius 2 is 2.03 bits per heavy atom. The minimum atomic E-state index is -1.01. The van der Waals surface area contributed by atoms with E-state index in [0.29, 0.717) is 18.6 Å². The lowest BCUT2D eigenvalue weighted by molar-refractivity contribution is -0.266. The third kappa shape index (κ3) is 3.47. The average Bonchev–Trinajstić information content (AvgIpc) is 3.29. The van der Waals surface area contributed by atoms with Crippen LogP contribution < -0.4 is 0 Å². The first-order valence-corrected chi connectivity index (χ1v) is 11.4. The summed E-state index contributed by atoms with van der Waals surface area (Å²) in [7, 11) is 0. The van der Waals surface area contributed by atoms with Gasteiger partial charge in [0.25, 0.3) is 0 Å². The maximum atomic E-state index is 12.1. The lowest BCUT2D eigenvalue weighted by atomic mass is 9.42. The van der Waals surface area contributed by atoms with Gasteiger partial charge >= 0.3 is 11.9 Å². The Labute approximate surface area is 188 Å². The number of hydrogen-bond donors (Lipinski definition) is 2. The fourth-order valence-corrected chi connectivity index (χ4v) is 6.77. The average molecular weight is 451 g/mol. The summed E-state index contributed by atoms with van der Waals surface area (Å²) in [5.41, 5.74) is -1.41. The highest BCUT2D eigenvalue weighted by Crippen LogP contribution is 2.69. The molecule has 1 spiro atoms. The van der Waals surface area contributed by atoms with E-state index in [9.17, 15) is 19.8 Å². The van der Waals surface area contributed by atoms with Crippen LogP contribution in [0.1, 0.15) is 65.0 Å². The van der Waals surface area contributed by atoms with Gasteiger partial charge in [-0.05, 0) is 42.6 Å². The van der Waals surface area contributed by atoms with Gasteiger partial charge in [0.2, 0.25) is 0 Å². The Bertz CT molecular complexity index is 846. The first-order chi connectivity index (χ1) is 15.1. The van der Waals surface area contributed by atoms with Gasteiger partial charge in [-0.15, -0.1) is 0 Å². The molecule has 8 heteroatoms. The zero-order valence-corrected chi connectivity index (χ0v) is 19.2. The van der Waals surface area contributed by atoms with Crippen molar-refractivity contribution in [2.75, 3.05) is 13.2 Å². The summed E-state index contributed by atoms with van der Waals surface area (Å²) in [6.45, 7) is 7.14. The summed E-state index contributed by atoms with van der Waals surface area (Å²) in [5.74, 6) is -1.34. The van der Waals surface area contributed by atoms with Crippen molar-refractivity contribution >= 4 is 11.9 Å². The largest absolute Gasteiger partial charge is 0.472 e. The standard InChI is InChI=1S/C24H34O8/c1-14-20(28)21(32-16(3)26)24(13-30-15(2)25)19(6-5-8-23(24)12-31-23)22(14,4)10-18(27)17-7-9-29-11-17/h7,9,11,14,18-21,27-28H,5-6,8,10,12-13H2,1-4H3/t14-,18?,19-,20-,21+,22-,23+,24-/m1/s1. The molecule has 0 amide bonds. The molecule has 1 aliphatic heterocycles. The predicted molar refractivity (Wildman–Crippen MR) is 112 cm³/mol. The molecule has 4 rings (SSSR count). The van der Waals surface area contributed by atoms with Gasteiger partial charge in [0.05, 0.1) is 36.8 Å². The van der Waals surface area contributed by atoms with Crippen LogP contribution in [-0.4, -0.2) is 53.2 Å². The van der Waals surface area contributed by atoms with Gasteiger partial charge in [-0.3, -0.25) is 9.59 Å². The van der Waals surface area contributed by atoms with E-state index in [1.807, 2.05) is 6.92 Å². The van der Waals surface area contributed by atoms with Crippen molar-refractivity contribution in [2.45, 2.75) is 77.3 Å². The molecule has 2 N–H and O–H groups in total. The molecule has 2 saturated carbocycles. The smallest absolute Gasteiger partial charge is 0.303 e. The highest BCUT2D eigenvalue weighted by molar-refractivity contribution is 5.67. The van der Waals surface area contributed by atoms with E-state index < -0.39 is 46.7 Å². The number of epoxide rings is 1. The molecule has 3 fully saturated rings. The lowest BCUT2D eigenvalue weighted by Crippen LogP contribution is -2.71. The fraction of sp³-hybridized carbons (Fsp3) is 0.750. The van der Waals surface area contributed by atoms with E-state index in [1.54, 1.807) is 6.07 Å². The normalized spacial score (nSPS) is 41.6. The number of carbonyl (C=O) groups excluding carboxylic acids is 2. The zero-order chi connectivity index (χ0) is 23.3. The van der Waals surface area contributed by atoms with Crippen molar-refractivity contribution in [2.24, 2.45) is 22.7 Å². The van der Waals surface area contributed by atoms with Crippen LogP contribution in [0.2, 0.25) is 0 Å². The van der Waals surface area contributed by atoms with Crippen molar-refractivity contribution < 1.29 is 38.4 Å². The van der Waals surface area contributed by atoms with E-state index >= 15 is 0 Å². The van der Waals surface area contributed by atoms with Gasteiger partial charge in [-0.25, -0.2) is 0 Å². The number of rotatable bonds is 6. The van der Waals surface area contributed by atoms with Crippen molar-refractivity contribution in [3.05, 3.63) is 24.2 Å². The topological polar surface area (TPSA) is 119 Å².